The summed E-state index contributed by atoms with van der Waals surface area (Å²) >= 11 is 11.8. The Morgan fingerprint density at radius 1 is 1.09 bits per heavy atom. The average molecular weight is 519 g/mol. The average Bonchev–Trinajstić information content (AvgIpc) is 2.67. The molecule has 0 aliphatic carbocycles. The molecule has 33 heavy (non-hydrogen) atoms. The molecule has 3 aromatic rings. The lowest BCUT2D eigenvalue weighted by atomic mass is 9.98. The van der Waals surface area contributed by atoms with Crippen LogP contribution in [-0.2, 0) is 10.0 Å². The highest BCUT2D eigenvalue weighted by Crippen LogP contribution is 2.36. The zero-order chi connectivity index (χ0) is 24.5. The third kappa shape index (κ3) is 6.16. The summed E-state index contributed by atoms with van der Waals surface area (Å²) in [6.07, 6.45) is -1.03. The summed E-state index contributed by atoms with van der Waals surface area (Å²) in [4.78, 5) is 16.0. The third-order valence-electron chi connectivity index (χ3n) is 4.31. The van der Waals surface area contributed by atoms with Crippen molar-refractivity contribution in [2.75, 3.05) is 6.26 Å². The van der Waals surface area contributed by atoms with Gasteiger partial charge in [-0.1, -0.05) is 23.2 Å². The van der Waals surface area contributed by atoms with Gasteiger partial charge >= 0.3 is 0 Å². The number of nitrogens with one attached hydrogen (secondary N) is 1. The molecule has 0 radical (unpaired) electrons. The van der Waals surface area contributed by atoms with E-state index in [1.807, 2.05) is 0 Å². The van der Waals surface area contributed by atoms with Crippen LogP contribution in [0.25, 0.3) is 11.1 Å². The van der Waals surface area contributed by atoms with Crippen molar-refractivity contribution >= 4 is 39.1 Å². The van der Waals surface area contributed by atoms with Gasteiger partial charge in [0.25, 0.3) is 12.3 Å². The van der Waals surface area contributed by atoms with Gasteiger partial charge in [0.05, 0.1) is 17.4 Å². The number of hydrogen-bond acceptors (Lipinski definition) is 5. The van der Waals surface area contributed by atoms with Crippen molar-refractivity contribution in [2.45, 2.75) is 13.3 Å². The number of nitrogens with zero attached hydrogens (tertiary/aromatic N) is 1. The molecule has 0 aliphatic heterocycles. The Hall–Kier alpha value is -2.82. The van der Waals surface area contributed by atoms with E-state index in [1.165, 1.54) is 31.3 Å². The van der Waals surface area contributed by atoms with Gasteiger partial charge in [0.15, 0.2) is 0 Å². The Labute approximate surface area is 197 Å². The van der Waals surface area contributed by atoms with Crippen LogP contribution in [0, 0.1) is 12.7 Å². The van der Waals surface area contributed by atoms with Gasteiger partial charge in [-0.25, -0.2) is 31.3 Å². The SMILES string of the molecule is Cc1cc(C(=O)NS(C)(=O)=O)c(F)cc1-c1cnc(Oc2cc(Cl)cc(Cl)c2)c(C(F)F)c1. The van der Waals surface area contributed by atoms with Gasteiger partial charge in [-0.05, 0) is 54.4 Å². The topological polar surface area (TPSA) is 85.4 Å². The molecule has 0 spiro atoms. The first-order valence-electron chi connectivity index (χ1n) is 9.08. The zero-order valence-electron chi connectivity index (χ0n) is 17.0. The fourth-order valence-electron chi connectivity index (χ4n) is 2.95. The van der Waals surface area contributed by atoms with Gasteiger partial charge in [0, 0.05) is 21.8 Å². The second-order valence-electron chi connectivity index (χ2n) is 6.98. The van der Waals surface area contributed by atoms with Crippen LogP contribution in [0.15, 0.2) is 42.6 Å². The van der Waals surface area contributed by atoms with Gasteiger partial charge < -0.3 is 4.74 Å². The predicted molar refractivity (Wildman–Crippen MR) is 118 cm³/mol. The first kappa shape index (κ1) is 24.8. The number of rotatable bonds is 6. The van der Waals surface area contributed by atoms with E-state index in [4.69, 9.17) is 27.9 Å². The summed E-state index contributed by atoms with van der Waals surface area (Å²) in [5, 5.41) is 0.470. The van der Waals surface area contributed by atoms with Gasteiger partial charge in [0.2, 0.25) is 15.9 Å². The first-order valence-corrected chi connectivity index (χ1v) is 11.7. The van der Waals surface area contributed by atoms with Gasteiger partial charge in [-0.15, -0.1) is 0 Å². The monoisotopic (exact) mass is 518 g/mol. The van der Waals surface area contributed by atoms with Crippen molar-refractivity contribution in [3.63, 3.8) is 0 Å². The van der Waals surface area contributed by atoms with Crippen molar-refractivity contribution in [1.29, 1.82) is 0 Å². The van der Waals surface area contributed by atoms with Crippen LogP contribution in [0.4, 0.5) is 13.2 Å². The van der Waals surface area contributed by atoms with E-state index in [0.29, 0.717) is 5.56 Å². The number of ether oxygens (including phenoxy) is 1. The van der Waals surface area contributed by atoms with E-state index in [0.717, 1.165) is 24.5 Å². The molecule has 3 rings (SSSR count). The number of benzene rings is 2. The molecule has 0 bridgehead atoms. The number of carbonyl (C=O) groups is 1. The highest BCUT2D eigenvalue weighted by Gasteiger charge is 2.21. The van der Waals surface area contributed by atoms with Crippen molar-refractivity contribution in [2.24, 2.45) is 0 Å². The summed E-state index contributed by atoms with van der Waals surface area (Å²) in [7, 11) is -3.90. The number of hydrogen-bond donors (Lipinski definition) is 1. The molecule has 0 unspecified atom stereocenters. The number of sulfonamides is 1. The van der Waals surface area contributed by atoms with Gasteiger partial charge in [-0.3, -0.25) is 4.79 Å². The van der Waals surface area contributed by atoms with Crippen LogP contribution >= 0.6 is 23.2 Å². The lowest BCUT2D eigenvalue weighted by molar-refractivity contribution is 0.0977. The summed E-state index contributed by atoms with van der Waals surface area (Å²) < 4.78 is 71.6. The summed E-state index contributed by atoms with van der Waals surface area (Å²) in [6.45, 7) is 1.51. The Kier molecular flexibility index (Phi) is 7.20. The van der Waals surface area contributed by atoms with E-state index < -0.39 is 45.2 Å². The molecule has 0 saturated heterocycles. The third-order valence-corrected chi connectivity index (χ3v) is 5.30. The number of aromatic nitrogens is 1. The molecule has 0 saturated carbocycles. The van der Waals surface area contributed by atoms with E-state index in [1.54, 1.807) is 4.72 Å². The highest BCUT2D eigenvalue weighted by atomic mass is 35.5. The fourth-order valence-corrected chi connectivity index (χ4v) is 3.90. The number of halogens is 5. The number of amides is 1. The molecule has 1 aromatic heterocycles. The van der Waals surface area contributed by atoms with Crippen molar-refractivity contribution < 1.29 is 31.1 Å². The molecule has 2 aromatic carbocycles. The number of aryl methyl sites for hydroxylation is 1. The van der Waals surface area contributed by atoms with E-state index in [-0.39, 0.29) is 26.9 Å². The van der Waals surface area contributed by atoms with Crippen LogP contribution in [0.1, 0.15) is 27.9 Å². The molecule has 1 heterocycles. The van der Waals surface area contributed by atoms with Crippen LogP contribution in [0.3, 0.4) is 0 Å². The van der Waals surface area contributed by atoms with Gasteiger partial charge in [0.1, 0.15) is 11.6 Å². The molecule has 12 heteroatoms. The largest absolute Gasteiger partial charge is 0.438 e. The molecule has 0 aliphatic rings. The van der Waals surface area contributed by atoms with Crippen molar-refractivity contribution in [1.82, 2.24) is 9.71 Å². The number of pyridine rings is 1. The molecule has 1 amide bonds. The summed E-state index contributed by atoms with van der Waals surface area (Å²) in [5.74, 6) is -2.49. The fraction of sp³-hybridized carbons (Fsp3) is 0.143. The van der Waals surface area contributed by atoms with E-state index >= 15 is 0 Å². The maximum Gasteiger partial charge on any atom is 0.269 e. The number of alkyl halides is 2. The lowest BCUT2D eigenvalue weighted by Gasteiger charge is -2.14. The molecule has 0 fully saturated rings. The Morgan fingerprint density at radius 3 is 2.30 bits per heavy atom. The standard InChI is InChI=1S/C21H15Cl2F3N2O4S/c1-10-3-16(20(29)28-33(2,30)31)18(24)8-15(10)11-4-17(19(25)26)21(27-9-11)32-14-6-12(22)5-13(23)7-14/h3-9,19H,1-2H3,(H,28,29). The molecular formula is C21H15Cl2F3N2O4S. The van der Waals surface area contributed by atoms with Gasteiger partial charge in [-0.2, -0.15) is 0 Å². The van der Waals surface area contributed by atoms with Crippen LogP contribution < -0.4 is 9.46 Å². The Balaban J connectivity index is 2.00. The predicted octanol–water partition coefficient (Wildman–Crippen LogP) is 5.92. The molecular weight excluding hydrogens is 504 g/mol. The summed E-state index contributed by atoms with van der Waals surface area (Å²) in [6, 6.07) is 7.33. The summed E-state index contributed by atoms with van der Waals surface area (Å²) in [5.41, 5.74) is -0.445. The second-order valence-corrected chi connectivity index (χ2v) is 9.60. The molecule has 174 valence electrons. The maximum absolute atomic E-state index is 14.6. The highest BCUT2D eigenvalue weighted by molar-refractivity contribution is 7.89. The quantitative estimate of drug-likeness (QED) is 0.437. The van der Waals surface area contributed by atoms with Crippen molar-refractivity contribution in [3.8, 4) is 22.8 Å². The Bertz CT molecular complexity index is 1330. The minimum absolute atomic E-state index is 0.0955. The molecule has 6 nitrogen and oxygen atoms in total. The maximum atomic E-state index is 14.6. The minimum Gasteiger partial charge on any atom is -0.438 e. The normalized spacial score (nSPS) is 11.5. The van der Waals surface area contributed by atoms with Crippen LogP contribution in [0.5, 0.6) is 11.6 Å². The number of carbonyl (C=O) groups excluding carboxylic acids is 1. The first-order chi connectivity index (χ1) is 15.3. The van der Waals surface area contributed by atoms with E-state index in [9.17, 15) is 26.4 Å². The zero-order valence-corrected chi connectivity index (χ0v) is 19.3. The Morgan fingerprint density at radius 2 is 1.73 bits per heavy atom. The minimum atomic E-state index is -3.90. The smallest absolute Gasteiger partial charge is 0.269 e. The second kappa shape index (κ2) is 9.58. The molecule has 1 N–H and O–H groups in total. The van der Waals surface area contributed by atoms with Crippen molar-refractivity contribution in [3.05, 3.63) is 75.1 Å². The van der Waals surface area contributed by atoms with Crippen LogP contribution in [-0.4, -0.2) is 25.6 Å². The van der Waals surface area contributed by atoms with Crippen LogP contribution in [0.2, 0.25) is 10.0 Å². The van der Waals surface area contributed by atoms with E-state index in [2.05, 4.69) is 4.98 Å². The lowest BCUT2D eigenvalue weighted by Crippen LogP contribution is -2.30. The molecule has 0 atom stereocenters.